The number of hydrogen-bond acceptors (Lipinski definition) is 8. The quantitative estimate of drug-likeness (QED) is 0.432. The van der Waals surface area contributed by atoms with Crippen LogP contribution in [0.15, 0.2) is 27.6 Å². The molecule has 2 saturated heterocycles. The van der Waals surface area contributed by atoms with Gasteiger partial charge in [0.1, 0.15) is 12.3 Å². The van der Waals surface area contributed by atoms with E-state index in [1.54, 1.807) is 29.2 Å². The molecule has 0 N–H and O–H groups in total. The maximum atomic E-state index is 12.6. The minimum absolute atomic E-state index is 0.227. The maximum Gasteiger partial charge on any atom is 0.343 e. The first-order valence-electron chi connectivity index (χ1n) is 8.99. The molecule has 1 aromatic carbocycles. The summed E-state index contributed by atoms with van der Waals surface area (Å²) in [6, 6.07) is 5.01. The van der Waals surface area contributed by atoms with Crippen LogP contribution in [-0.2, 0) is 23.9 Å². The predicted octanol–water partition coefficient (Wildman–Crippen LogP) is 1.90. The minimum Gasteiger partial charge on any atom is -0.481 e. The van der Waals surface area contributed by atoms with E-state index in [-0.39, 0.29) is 24.0 Å². The van der Waals surface area contributed by atoms with Gasteiger partial charge in [-0.2, -0.15) is 0 Å². The van der Waals surface area contributed by atoms with E-state index < -0.39 is 17.1 Å². The summed E-state index contributed by atoms with van der Waals surface area (Å²) in [5.41, 5.74) is 0.650. The zero-order chi connectivity index (χ0) is 21.7. The highest BCUT2D eigenvalue weighted by molar-refractivity contribution is 9.10. The third-order valence-electron chi connectivity index (χ3n) is 4.36. The van der Waals surface area contributed by atoms with Crippen molar-refractivity contribution in [2.75, 3.05) is 46.6 Å². The second-order valence-corrected chi connectivity index (χ2v) is 8.16. The molecule has 2 aliphatic rings. The van der Waals surface area contributed by atoms with Crippen LogP contribution in [0.5, 0.6) is 5.75 Å². The molecule has 0 aromatic heterocycles. The van der Waals surface area contributed by atoms with E-state index in [9.17, 15) is 19.2 Å². The number of methoxy groups -OCH3 is 1. The van der Waals surface area contributed by atoms with E-state index in [2.05, 4.69) is 20.7 Å². The highest BCUT2D eigenvalue weighted by Crippen LogP contribution is 2.34. The zero-order valence-electron chi connectivity index (χ0n) is 16.1. The number of ether oxygens (including phenoxy) is 3. The Balaban J connectivity index is 1.66. The first-order chi connectivity index (χ1) is 14.4. The molecule has 0 unspecified atom stereocenters. The fourth-order valence-corrected chi connectivity index (χ4v) is 4.10. The first kappa shape index (κ1) is 22.3. The number of halogens is 1. The zero-order valence-corrected chi connectivity index (χ0v) is 18.5. The Hall–Kier alpha value is -2.37. The lowest BCUT2D eigenvalue weighted by molar-refractivity contribution is -0.143. The van der Waals surface area contributed by atoms with Crippen LogP contribution in [0.1, 0.15) is 5.56 Å². The van der Waals surface area contributed by atoms with Crippen molar-refractivity contribution in [3.05, 3.63) is 33.1 Å². The van der Waals surface area contributed by atoms with Gasteiger partial charge < -0.3 is 19.1 Å². The molecular formula is C19H19BrN2O7S. The first-order valence-corrected chi connectivity index (χ1v) is 10.6. The Morgan fingerprint density at radius 3 is 2.67 bits per heavy atom. The van der Waals surface area contributed by atoms with E-state index in [0.29, 0.717) is 42.1 Å². The van der Waals surface area contributed by atoms with E-state index in [1.165, 1.54) is 7.11 Å². The Labute approximate surface area is 185 Å². The van der Waals surface area contributed by atoms with Crippen LogP contribution in [0.2, 0.25) is 0 Å². The highest BCUT2D eigenvalue weighted by Gasteiger charge is 2.37. The molecule has 160 valence electrons. The summed E-state index contributed by atoms with van der Waals surface area (Å²) >= 11 is 4.14. The van der Waals surface area contributed by atoms with E-state index >= 15 is 0 Å². The fraction of sp³-hybridized carbons (Fsp3) is 0.368. The van der Waals surface area contributed by atoms with E-state index in [0.717, 1.165) is 16.7 Å². The van der Waals surface area contributed by atoms with Crippen molar-refractivity contribution < 1.29 is 33.4 Å². The van der Waals surface area contributed by atoms with Crippen molar-refractivity contribution in [3.63, 3.8) is 0 Å². The summed E-state index contributed by atoms with van der Waals surface area (Å²) < 4.78 is 15.6. The standard InChI is InChI=1S/C19H19BrN2O7S/c1-27-17(24)11-29-14-3-2-12(8-13(14)20)9-15-18(25)22(19(26)30-15)10-16(23)21-4-6-28-7-5-21/h2-3,8-9H,4-7,10-11H2,1H3/b15-9+. The van der Waals surface area contributed by atoms with Crippen molar-refractivity contribution in [2.45, 2.75) is 0 Å². The van der Waals surface area contributed by atoms with E-state index in [4.69, 9.17) is 9.47 Å². The van der Waals surface area contributed by atoms with Crippen LogP contribution in [0.25, 0.3) is 6.08 Å². The summed E-state index contributed by atoms with van der Waals surface area (Å²) in [7, 11) is 1.27. The molecule has 3 rings (SSSR count). The van der Waals surface area contributed by atoms with Crippen LogP contribution in [0.3, 0.4) is 0 Å². The van der Waals surface area contributed by atoms with Crippen molar-refractivity contribution >= 4 is 56.8 Å². The van der Waals surface area contributed by atoms with Gasteiger partial charge >= 0.3 is 5.97 Å². The largest absolute Gasteiger partial charge is 0.481 e. The lowest BCUT2D eigenvalue weighted by atomic mass is 10.2. The lowest BCUT2D eigenvalue weighted by Crippen LogP contribution is -2.46. The molecule has 2 fully saturated rings. The molecule has 0 saturated carbocycles. The highest BCUT2D eigenvalue weighted by atomic mass is 79.9. The number of esters is 1. The van der Waals surface area contributed by atoms with Crippen molar-refractivity contribution in [2.24, 2.45) is 0 Å². The number of morpholine rings is 1. The van der Waals surface area contributed by atoms with Gasteiger partial charge in [0.15, 0.2) is 6.61 Å². The van der Waals surface area contributed by atoms with Crippen molar-refractivity contribution in [1.82, 2.24) is 9.80 Å². The molecule has 0 aliphatic carbocycles. The number of nitrogens with zero attached hydrogens (tertiary/aromatic N) is 2. The predicted molar refractivity (Wildman–Crippen MR) is 112 cm³/mol. The SMILES string of the molecule is COC(=O)COc1ccc(/C=C2/SC(=O)N(CC(=O)N3CCOCC3)C2=O)cc1Br. The van der Waals surface area contributed by atoms with Gasteiger partial charge in [0.05, 0.1) is 29.7 Å². The molecule has 3 amide bonds. The number of benzene rings is 1. The second kappa shape index (κ2) is 10.1. The lowest BCUT2D eigenvalue weighted by Gasteiger charge is -2.28. The summed E-state index contributed by atoms with van der Waals surface area (Å²) in [5, 5.41) is -0.482. The summed E-state index contributed by atoms with van der Waals surface area (Å²) in [6.07, 6.45) is 1.57. The fourth-order valence-electron chi connectivity index (χ4n) is 2.76. The molecular weight excluding hydrogens is 480 g/mol. The Morgan fingerprint density at radius 1 is 1.27 bits per heavy atom. The summed E-state index contributed by atoms with van der Waals surface area (Å²) in [6.45, 7) is 1.27. The molecule has 11 heteroatoms. The number of amides is 3. The molecule has 0 spiro atoms. The number of carbonyl (C=O) groups excluding carboxylic acids is 4. The van der Waals surface area contributed by atoms with Gasteiger partial charge in [0.2, 0.25) is 5.91 Å². The molecule has 1 aromatic rings. The summed E-state index contributed by atoms with van der Waals surface area (Å²) in [5.74, 6) is -0.863. The number of hydrogen-bond donors (Lipinski definition) is 0. The third-order valence-corrected chi connectivity index (χ3v) is 5.88. The van der Waals surface area contributed by atoms with Gasteiger partial charge in [-0.25, -0.2) is 4.79 Å². The van der Waals surface area contributed by atoms with Crippen LogP contribution < -0.4 is 4.74 Å². The molecule has 2 aliphatic heterocycles. The van der Waals surface area contributed by atoms with Crippen LogP contribution in [0.4, 0.5) is 4.79 Å². The normalized spacial score (nSPS) is 18.1. The number of rotatable bonds is 6. The van der Waals surface area contributed by atoms with E-state index in [1.807, 2.05) is 0 Å². The van der Waals surface area contributed by atoms with Crippen molar-refractivity contribution in [3.8, 4) is 5.75 Å². The van der Waals surface area contributed by atoms with Gasteiger partial charge in [-0.1, -0.05) is 6.07 Å². The average molecular weight is 499 g/mol. The smallest absolute Gasteiger partial charge is 0.343 e. The van der Waals surface area contributed by atoms with Crippen LogP contribution in [0, 0.1) is 0 Å². The monoisotopic (exact) mass is 498 g/mol. The van der Waals surface area contributed by atoms with Crippen molar-refractivity contribution in [1.29, 1.82) is 0 Å². The number of carbonyl (C=O) groups is 4. The van der Waals surface area contributed by atoms with Gasteiger partial charge in [0, 0.05) is 13.1 Å². The van der Waals surface area contributed by atoms with Gasteiger partial charge in [-0.15, -0.1) is 0 Å². The minimum atomic E-state index is -0.508. The Kier molecular flexibility index (Phi) is 7.51. The van der Waals surface area contributed by atoms with Gasteiger partial charge in [0.25, 0.3) is 11.1 Å². The summed E-state index contributed by atoms with van der Waals surface area (Å²) in [4.78, 5) is 51.2. The molecule has 30 heavy (non-hydrogen) atoms. The third kappa shape index (κ3) is 5.41. The topological polar surface area (TPSA) is 102 Å². The van der Waals surface area contributed by atoms with Gasteiger partial charge in [-0.3, -0.25) is 19.3 Å². The molecule has 9 nitrogen and oxygen atoms in total. The van der Waals surface area contributed by atoms with Crippen LogP contribution in [-0.4, -0.2) is 79.4 Å². The molecule has 2 heterocycles. The number of thioether (sulfide) groups is 1. The molecule has 0 atom stereocenters. The molecule has 0 radical (unpaired) electrons. The molecule has 0 bridgehead atoms. The Bertz CT molecular complexity index is 899. The Morgan fingerprint density at radius 2 is 2.00 bits per heavy atom. The second-order valence-electron chi connectivity index (χ2n) is 6.32. The number of imide groups is 1. The van der Waals surface area contributed by atoms with Gasteiger partial charge in [-0.05, 0) is 51.5 Å². The maximum absolute atomic E-state index is 12.6. The average Bonchev–Trinajstić information content (AvgIpc) is 3.00. The van der Waals surface area contributed by atoms with Crippen LogP contribution >= 0.6 is 27.7 Å².